The summed E-state index contributed by atoms with van der Waals surface area (Å²) in [6.45, 7) is 6.56. The molecule has 40 heavy (non-hydrogen) atoms. The second kappa shape index (κ2) is 8.61. The first-order chi connectivity index (χ1) is 19.3. The molecule has 9 rings (SSSR count). The maximum absolute atomic E-state index is 4.85. The topological polar surface area (TPSA) is 77.9 Å². The van der Waals surface area contributed by atoms with Crippen LogP contribution in [0.1, 0.15) is 63.6 Å². The number of rotatable bonds is 7. The minimum atomic E-state index is 0.305. The molecule has 5 aromatic rings. The number of imidazole rings is 1. The van der Waals surface area contributed by atoms with E-state index in [4.69, 9.17) is 4.98 Å². The fourth-order valence-electron chi connectivity index (χ4n) is 9.10. The van der Waals surface area contributed by atoms with Gasteiger partial charge in [-0.25, -0.2) is 9.67 Å². The molecule has 0 spiro atoms. The van der Waals surface area contributed by atoms with Crippen molar-refractivity contribution in [3.63, 3.8) is 0 Å². The van der Waals surface area contributed by atoms with Gasteiger partial charge in [-0.3, -0.25) is 4.98 Å². The standard InChI is InChI=1S/C32H36N8/c1-30-10-24-11-31(2,20-30)22-32(12-24,21-30)34-13-23-5-6-29-35-26(17-39(29)16-23)18-40-19-28(36-37-40)25-9-27(15-33-14-25)38-7-3-4-8-38/h3-9,14-17,19,24,34H,10-13,18,20-22H2,1-2H3. The molecule has 4 fully saturated rings. The average molecular weight is 533 g/mol. The van der Waals surface area contributed by atoms with E-state index in [0.29, 0.717) is 22.9 Å². The fraction of sp³-hybridized carbons (Fsp3) is 0.438. The van der Waals surface area contributed by atoms with E-state index in [-0.39, 0.29) is 0 Å². The number of nitrogens with zero attached hydrogens (tertiary/aromatic N) is 7. The van der Waals surface area contributed by atoms with E-state index < -0.39 is 0 Å². The van der Waals surface area contributed by atoms with Gasteiger partial charge in [0.1, 0.15) is 11.3 Å². The predicted molar refractivity (Wildman–Crippen MR) is 154 cm³/mol. The fourth-order valence-corrected chi connectivity index (χ4v) is 9.10. The van der Waals surface area contributed by atoms with E-state index in [1.54, 1.807) is 0 Å². The van der Waals surface area contributed by atoms with E-state index in [1.807, 2.05) is 52.4 Å². The van der Waals surface area contributed by atoms with Crippen LogP contribution in [0.25, 0.3) is 22.6 Å². The van der Waals surface area contributed by atoms with Crippen LogP contribution in [0.15, 0.2) is 73.7 Å². The van der Waals surface area contributed by atoms with Crippen molar-refractivity contribution < 1.29 is 0 Å². The van der Waals surface area contributed by atoms with Gasteiger partial charge in [0.15, 0.2) is 0 Å². The lowest BCUT2D eigenvalue weighted by atomic mass is 9.43. The Balaban J connectivity index is 0.969. The smallest absolute Gasteiger partial charge is 0.137 e. The van der Waals surface area contributed by atoms with Crippen LogP contribution in [0.3, 0.4) is 0 Å². The molecule has 0 radical (unpaired) electrons. The lowest BCUT2D eigenvalue weighted by Gasteiger charge is -2.65. The highest BCUT2D eigenvalue weighted by Crippen LogP contribution is 2.66. The van der Waals surface area contributed by atoms with Crippen LogP contribution in [-0.4, -0.2) is 39.5 Å². The lowest BCUT2D eigenvalue weighted by Crippen LogP contribution is -2.63. The lowest BCUT2D eigenvalue weighted by molar-refractivity contribution is -0.118. The highest BCUT2D eigenvalue weighted by atomic mass is 15.4. The third-order valence-electron chi connectivity index (χ3n) is 9.64. The molecule has 2 atom stereocenters. The summed E-state index contributed by atoms with van der Waals surface area (Å²) < 4.78 is 6.03. The molecule has 4 saturated carbocycles. The maximum atomic E-state index is 4.85. The number of aromatic nitrogens is 7. The van der Waals surface area contributed by atoms with Crippen LogP contribution in [0.2, 0.25) is 0 Å². The summed E-state index contributed by atoms with van der Waals surface area (Å²) in [6, 6.07) is 10.4. The Morgan fingerprint density at radius 1 is 0.950 bits per heavy atom. The van der Waals surface area contributed by atoms with Crippen molar-refractivity contribution in [2.24, 2.45) is 16.7 Å². The molecule has 5 aromatic heterocycles. The number of fused-ring (bicyclic) bond motifs is 1. The van der Waals surface area contributed by atoms with E-state index in [1.165, 1.54) is 44.1 Å². The molecular formula is C32H36N8. The Kier molecular flexibility index (Phi) is 5.18. The van der Waals surface area contributed by atoms with Crippen LogP contribution in [0, 0.1) is 16.7 Å². The van der Waals surface area contributed by atoms with Gasteiger partial charge >= 0.3 is 0 Å². The highest BCUT2D eigenvalue weighted by molar-refractivity contribution is 5.59. The molecule has 0 saturated heterocycles. The zero-order valence-corrected chi connectivity index (χ0v) is 23.3. The first-order valence-corrected chi connectivity index (χ1v) is 14.5. The molecule has 1 N–H and O–H groups in total. The van der Waals surface area contributed by atoms with E-state index in [9.17, 15) is 0 Å². The zero-order chi connectivity index (χ0) is 27.0. The Morgan fingerprint density at radius 2 is 1.77 bits per heavy atom. The van der Waals surface area contributed by atoms with Crippen LogP contribution >= 0.6 is 0 Å². The van der Waals surface area contributed by atoms with Crippen molar-refractivity contribution in [2.45, 2.75) is 71.0 Å². The summed E-state index contributed by atoms with van der Waals surface area (Å²) in [5.41, 5.74) is 7.30. The van der Waals surface area contributed by atoms with Crippen molar-refractivity contribution in [1.29, 1.82) is 0 Å². The summed E-state index contributed by atoms with van der Waals surface area (Å²) in [5, 5.41) is 12.9. The van der Waals surface area contributed by atoms with E-state index >= 15 is 0 Å². The van der Waals surface area contributed by atoms with E-state index in [2.05, 4.69) is 69.5 Å². The minimum Gasteiger partial charge on any atom is -0.322 e. The third kappa shape index (κ3) is 4.25. The molecule has 0 aliphatic heterocycles. The number of nitrogens with one attached hydrogen (secondary N) is 1. The van der Waals surface area contributed by atoms with Gasteiger partial charge in [0, 0.05) is 48.6 Å². The molecule has 5 heterocycles. The van der Waals surface area contributed by atoms with Crippen LogP contribution in [0.4, 0.5) is 0 Å². The monoisotopic (exact) mass is 532 g/mol. The molecule has 4 bridgehead atoms. The van der Waals surface area contributed by atoms with Gasteiger partial charge in [0.05, 0.1) is 30.3 Å². The molecule has 4 aliphatic rings. The zero-order valence-electron chi connectivity index (χ0n) is 23.3. The molecule has 8 nitrogen and oxygen atoms in total. The molecule has 4 aliphatic carbocycles. The van der Waals surface area contributed by atoms with E-state index in [0.717, 1.165) is 40.7 Å². The van der Waals surface area contributed by atoms with Gasteiger partial charge in [-0.1, -0.05) is 25.1 Å². The number of hydrogen-bond donors (Lipinski definition) is 1. The average Bonchev–Trinajstić information content (AvgIpc) is 3.66. The summed E-state index contributed by atoms with van der Waals surface area (Å²) in [7, 11) is 0. The molecule has 0 aromatic carbocycles. The summed E-state index contributed by atoms with van der Waals surface area (Å²) in [4.78, 5) is 9.25. The number of hydrogen-bond acceptors (Lipinski definition) is 5. The Labute approximate surface area is 234 Å². The van der Waals surface area contributed by atoms with Gasteiger partial charge in [0.25, 0.3) is 0 Å². The van der Waals surface area contributed by atoms with Crippen molar-refractivity contribution in [2.75, 3.05) is 0 Å². The molecule has 204 valence electrons. The second-order valence-electron chi connectivity index (χ2n) is 13.6. The minimum absolute atomic E-state index is 0.305. The van der Waals surface area contributed by atoms with Gasteiger partial charge in [0.2, 0.25) is 0 Å². The van der Waals surface area contributed by atoms with Crippen LogP contribution in [0.5, 0.6) is 0 Å². The molecule has 8 heteroatoms. The van der Waals surface area contributed by atoms with Gasteiger partial charge in [-0.05, 0) is 85.1 Å². The first-order valence-electron chi connectivity index (χ1n) is 14.5. The van der Waals surface area contributed by atoms with Crippen LogP contribution in [-0.2, 0) is 13.1 Å². The highest BCUT2D eigenvalue weighted by Gasteiger charge is 2.59. The van der Waals surface area contributed by atoms with Gasteiger partial charge < -0.3 is 14.3 Å². The molecular weight excluding hydrogens is 496 g/mol. The van der Waals surface area contributed by atoms with Crippen LogP contribution < -0.4 is 5.32 Å². The molecule has 2 unspecified atom stereocenters. The largest absolute Gasteiger partial charge is 0.322 e. The quantitative estimate of drug-likeness (QED) is 0.292. The maximum Gasteiger partial charge on any atom is 0.137 e. The number of pyridine rings is 2. The predicted octanol–water partition coefficient (Wildman–Crippen LogP) is 5.67. The van der Waals surface area contributed by atoms with Crippen molar-refractivity contribution in [3.8, 4) is 16.9 Å². The van der Waals surface area contributed by atoms with Gasteiger partial charge in [-0.15, -0.1) is 5.10 Å². The molecule has 0 amide bonds. The van der Waals surface area contributed by atoms with Crippen molar-refractivity contribution in [3.05, 3.63) is 85.0 Å². The van der Waals surface area contributed by atoms with Crippen molar-refractivity contribution in [1.82, 2.24) is 39.2 Å². The van der Waals surface area contributed by atoms with Gasteiger partial charge in [-0.2, -0.15) is 0 Å². The normalized spacial score (nSPS) is 29.0. The van der Waals surface area contributed by atoms with Crippen molar-refractivity contribution >= 4 is 5.65 Å². The first kappa shape index (κ1) is 24.1. The SMILES string of the molecule is CC12CC3CC(C)(C1)CC(NCc1ccc4nc(Cn5cc(-c6cncc(-n7cccc7)c6)nn5)cn4c1)(C3)C2. The second-order valence-corrected chi connectivity index (χ2v) is 13.6. The summed E-state index contributed by atoms with van der Waals surface area (Å²) in [6.07, 6.45) is 22.3. The summed E-state index contributed by atoms with van der Waals surface area (Å²) >= 11 is 0. The third-order valence-corrected chi connectivity index (χ3v) is 9.64. The summed E-state index contributed by atoms with van der Waals surface area (Å²) in [5.74, 6) is 0.898. The Hall–Kier alpha value is -3.78. The Morgan fingerprint density at radius 3 is 2.58 bits per heavy atom. The Bertz CT molecular complexity index is 1680.